The Morgan fingerprint density at radius 3 is 3.00 bits per heavy atom. The van der Waals surface area contributed by atoms with E-state index in [1.54, 1.807) is 12.6 Å². The molecular formula is C19H23N3O3S. The van der Waals surface area contributed by atoms with Gasteiger partial charge in [-0.3, -0.25) is 4.79 Å². The summed E-state index contributed by atoms with van der Waals surface area (Å²) in [7, 11) is 1.67. The lowest BCUT2D eigenvalue weighted by Crippen LogP contribution is -2.46. The van der Waals surface area contributed by atoms with Gasteiger partial charge in [0, 0.05) is 30.2 Å². The van der Waals surface area contributed by atoms with Gasteiger partial charge in [0.25, 0.3) is 5.91 Å². The first-order chi connectivity index (χ1) is 12.7. The highest BCUT2D eigenvalue weighted by molar-refractivity contribution is 7.07. The van der Waals surface area contributed by atoms with Crippen molar-refractivity contribution in [2.45, 2.75) is 30.9 Å². The van der Waals surface area contributed by atoms with Crippen molar-refractivity contribution in [1.82, 2.24) is 9.88 Å². The van der Waals surface area contributed by atoms with Crippen molar-refractivity contribution in [3.05, 3.63) is 40.8 Å². The second kappa shape index (κ2) is 7.25. The van der Waals surface area contributed by atoms with E-state index in [-0.39, 0.29) is 17.6 Å². The van der Waals surface area contributed by atoms with Crippen LogP contribution in [-0.2, 0) is 4.74 Å². The fraction of sp³-hybridized carbons (Fsp3) is 0.474. The number of carbonyl (C=O) groups is 1. The number of benzene rings is 1. The van der Waals surface area contributed by atoms with Gasteiger partial charge in [0.05, 0.1) is 30.9 Å². The summed E-state index contributed by atoms with van der Waals surface area (Å²) in [6, 6.07) is 8.24. The molecule has 4 rings (SSSR count). The number of ether oxygens (including phenoxy) is 2. The van der Waals surface area contributed by atoms with Crippen molar-refractivity contribution >= 4 is 22.9 Å². The monoisotopic (exact) mass is 373 g/mol. The van der Waals surface area contributed by atoms with E-state index >= 15 is 0 Å². The van der Waals surface area contributed by atoms with E-state index in [0.29, 0.717) is 12.3 Å². The molecule has 1 N–H and O–H groups in total. The van der Waals surface area contributed by atoms with Crippen molar-refractivity contribution in [3.63, 3.8) is 0 Å². The largest absolute Gasteiger partial charge is 0.497 e. The standard InChI is InChI=1S/C19H23N3O3S/c1-24-16-4-2-3-14(9-16)21-15-10-19(25-11-15)5-7-22(8-6-19)18(23)17-12-26-13-20-17/h2-4,9,12-13,15,21H,5-8,10-11H2,1H3/t15-/m0/s1. The molecule has 3 heterocycles. The number of likely N-dealkylation sites (tertiary alicyclic amines) is 1. The molecule has 2 aliphatic heterocycles. The van der Waals surface area contributed by atoms with E-state index in [1.165, 1.54) is 11.3 Å². The number of piperidine rings is 1. The summed E-state index contributed by atoms with van der Waals surface area (Å²) < 4.78 is 11.5. The Kier molecular flexibility index (Phi) is 4.82. The maximum Gasteiger partial charge on any atom is 0.273 e. The quantitative estimate of drug-likeness (QED) is 0.893. The van der Waals surface area contributed by atoms with Gasteiger partial charge < -0.3 is 19.7 Å². The van der Waals surface area contributed by atoms with Crippen LogP contribution >= 0.6 is 11.3 Å². The van der Waals surface area contributed by atoms with Gasteiger partial charge in [0.2, 0.25) is 0 Å². The molecular weight excluding hydrogens is 350 g/mol. The average molecular weight is 373 g/mol. The molecule has 1 atom stereocenters. The van der Waals surface area contributed by atoms with Crippen LogP contribution < -0.4 is 10.1 Å². The highest BCUT2D eigenvalue weighted by Gasteiger charge is 2.43. The topological polar surface area (TPSA) is 63.7 Å². The van der Waals surface area contributed by atoms with Crippen molar-refractivity contribution in [1.29, 1.82) is 0 Å². The van der Waals surface area contributed by atoms with E-state index in [2.05, 4.69) is 10.3 Å². The lowest BCUT2D eigenvalue weighted by atomic mass is 9.87. The first-order valence-corrected chi connectivity index (χ1v) is 9.84. The zero-order valence-electron chi connectivity index (χ0n) is 14.8. The third-order valence-corrected chi connectivity index (χ3v) is 5.85. The Bertz CT molecular complexity index is 757. The number of carbonyl (C=O) groups excluding carboxylic acids is 1. The number of amides is 1. The van der Waals surface area contributed by atoms with E-state index in [0.717, 1.165) is 43.8 Å². The Morgan fingerprint density at radius 1 is 1.42 bits per heavy atom. The molecule has 0 unspecified atom stereocenters. The number of nitrogens with zero attached hydrogens (tertiary/aromatic N) is 2. The third-order valence-electron chi connectivity index (χ3n) is 5.26. The van der Waals surface area contributed by atoms with Gasteiger partial charge in [0.15, 0.2) is 0 Å². The molecule has 0 radical (unpaired) electrons. The van der Waals surface area contributed by atoms with Crippen molar-refractivity contribution in [3.8, 4) is 5.75 Å². The van der Waals surface area contributed by atoms with Crippen LogP contribution in [0.4, 0.5) is 5.69 Å². The molecule has 2 aliphatic rings. The van der Waals surface area contributed by atoms with E-state index in [1.807, 2.05) is 34.5 Å². The van der Waals surface area contributed by atoms with Crippen LogP contribution in [0.3, 0.4) is 0 Å². The molecule has 7 heteroatoms. The minimum Gasteiger partial charge on any atom is -0.497 e. The van der Waals surface area contributed by atoms with Crippen molar-refractivity contribution in [2.75, 3.05) is 32.1 Å². The molecule has 0 saturated carbocycles. The van der Waals surface area contributed by atoms with E-state index in [9.17, 15) is 4.79 Å². The van der Waals surface area contributed by atoms with Gasteiger partial charge in [0.1, 0.15) is 11.4 Å². The Hall–Kier alpha value is -2.12. The zero-order valence-corrected chi connectivity index (χ0v) is 15.6. The Labute approximate surface area is 157 Å². The Balaban J connectivity index is 1.33. The number of rotatable bonds is 4. The number of hydrogen-bond donors (Lipinski definition) is 1. The highest BCUT2D eigenvalue weighted by Crippen LogP contribution is 2.37. The molecule has 2 fully saturated rings. The summed E-state index contributed by atoms with van der Waals surface area (Å²) >= 11 is 1.45. The minimum atomic E-state index is -0.116. The molecule has 0 aliphatic carbocycles. The highest BCUT2D eigenvalue weighted by atomic mass is 32.1. The summed E-state index contributed by atoms with van der Waals surface area (Å²) in [6.07, 6.45) is 2.71. The van der Waals surface area contributed by atoms with Gasteiger partial charge in [-0.1, -0.05) is 6.07 Å². The van der Waals surface area contributed by atoms with Crippen LogP contribution in [0, 0.1) is 0 Å². The van der Waals surface area contributed by atoms with Gasteiger partial charge in [-0.05, 0) is 31.4 Å². The molecule has 1 aromatic carbocycles. The lowest BCUT2D eigenvalue weighted by Gasteiger charge is -2.38. The molecule has 2 saturated heterocycles. The molecule has 1 amide bonds. The predicted molar refractivity (Wildman–Crippen MR) is 101 cm³/mol. The van der Waals surface area contributed by atoms with Crippen LogP contribution in [0.1, 0.15) is 29.8 Å². The summed E-state index contributed by atoms with van der Waals surface area (Å²) in [5, 5.41) is 5.36. The first kappa shape index (κ1) is 17.3. The Morgan fingerprint density at radius 2 is 2.27 bits per heavy atom. The number of methoxy groups -OCH3 is 1. The zero-order chi connectivity index (χ0) is 18.0. The van der Waals surface area contributed by atoms with Gasteiger partial charge in [-0.15, -0.1) is 11.3 Å². The molecule has 1 aromatic heterocycles. The van der Waals surface area contributed by atoms with Crippen LogP contribution in [0.5, 0.6) is 5.75 Å². The molecule has 1 spiro atoms. The van der Waals surface area contributed by atoms with Crippen LogP contribution in [0.15, 0.2) is 35.2 Å². The van der Waals surface area contributed by atoms with Crippen LogP contribution in [0.25, 0.3) is 0 Å². The van der Waals surface area contributed by atoms with E-state index in [4.69, 9.17) is 9.47 Å². The second-order valence-electron chi connectivity index (χ2n) is 6.94. The minimum absolute atomic E-state index is 0.0325. The fourth-order valence-corrected chi connectivity index (χ4v) is 4.36. The molecule has 138 valence electrons. The number of hydrogen-bond acceptors (Lipinski definition) is 6. The number of aromatic nitrogens is 1. The summed E-state index contributed by atoms with van der Waals surface area (Å²) in [5.74, 6) is 0.877. The molecule has 0 bridgehead atoms. The SMILES string of the molecule is COc1cccc(N[C@@H]2COC3(CCN(C(=O)c4cscn4)CC3)C2)c1. The summed E-state index contributed by atoms with van der Waals surface area (Å²) in [4.78, 5) is 18.5. The van der Waals surface area contributed by atoms with Crippen LogP contribution in [-0.4, -0.2) is 54.2 Å². The molecule has 2 aromatic rings. The van der Waals surface area contributed by atoms with Gasteiger partial charge >= 0.3 is 0 Å². The average Bonchev–Trinajstić information content (AvgIpc) is 3.33. The maximum atomic E-state index is 12.4. The maximum absolute atomic E-state index is 12.4. The predicted octanol–water partition coefficient (Wildman–Crippen LogP) is 3.03. The van der Waals surface area contributed by atoms with Crippen molar-refractivity contribution < 1.29 is 14.3 Å². The first-order valence-electron chi connectivity index (χ1n) is 8.89. The number of nitrogens with one attached hydrogen (secondary N) is 1. The number of anilines is 1. The number of thiazole rings is 1. The van der Waals surface area contributed by atoms with E-state index < -0.39 is 0 Å². The van der Waals surface area contributed by atoms with Crippen molar-refractivity contribution in [2.24, 2.45) is 0 Å². The lowest BCUT2D eigenvalue weighted by molar-refractivity contribution is -0.0388. The van der Waals surface area contributed by atoms with Crippen LogP contribution in [0.2, 0.25) is 0 Å². The molecule has 26 heavy (non-hydrogen) atoms. The molecule has 6 nitrogen and oxygen atoms in total. The van der Waals surface area contributed by atoms with Gasteiger partial charge in [-0.25, -0.2) is 4.98 Å². The third kappa shape index (κ3) is 3.54. The fourth-order valence-electron chi connectivity index (χ4n) is 3.83. The summed E-state index contributed by atoms with van der Waals surface area (Å²) in [5.41, 5.74) is 3.19. The normalized spacial score (nSPS) is 21.7. The summed E-state index contributed by atoms with van der Waals surface area (Å²) in [6.45, 7) is 2.14. The smallest absolute Gasteiger partial charge is 0.273 e. The second-order valence-corrected chi connectivity index (χ2v) is 7.66. The van der Waals surface area contributed by atoms with Gasteiger partial charge in [-0.2, -0.15) is 0 Å².